The van der Waals surface area contributed by atoms with Gasteiger partial charge in [0.05, 0.1) is 0 Å². The topological polar surface area (TPSA) is 56.4 Å². The molecule has 0 radical (unpaired) electrons. The number of aromatic amines is 1. The van der Waals surface area contributed by atoms with E-state index in [9.17, 15) is 9.59 Å². The van der Waals surface area contributed by atoms with Crippen molar-refractivity contribution in [2.75, 3.05) is 26.2 Å². The van der Waals surface area contributed by atoms with Gasteiger partial charge in [0, 0.05) is 37.9 Å². The third-order valence-electron chi connectivity index (χ3n) is 5.58. The molecule has 1 N–H and O–H groups in total. The van der Waals surface area contributed by atoms with E-state index >= 15 is 0 Å². The minimum absolute atomic E-state index is 0.113. The Hall–Kier alpha value is -1.62. The van der Waals surface area contributed by atoms with Gasteiger partial charge in [0.1, 0.15) is 5.56 Å². The van der Waals surface area contributed by atoms with E-state index in [2.05, 4.69) is 23.7 Å². The van der Waals surface area contributed by atoms with Crippen molar-refractivity contribution < 1.29 is 4.79 Å². The molecular weight excluding hydrogens is 314 g/mol. The van der Waals surface area contributed by atoms with Gasteiger partial charge in [-0.2, -0.15) is 0 Å². The quantitative estimate of drug-likeness (QED) is 0.912. The maximum absolute atomic E-state index is 13.1. The average molecular weight is 345 g/mol. The molecule has 1 amide bonds. The van der Waals surface area contributed by atoms with Crippen molar-refractivity contribution in [2.24, 2.45) is 11.8 Å². The SMILES string of the molecule is Cc1cc(C)c(C(=O)N2CCCN(CC3CC3)[C@@H](C(C)C)C2)c(=O)[nH]1. The molecule has 2 fully saturated rings. The predicted octanol–water partition coefficient (Wildman–Crippen LogP) is 2.57. The monoisotopic (exact) mass is 345 g/mol. The second-order valence-corrected chi connectivity index (χ2v) is 8.19. The first-order valence-electron chi connectivity index (χ1n) is 9.60. The molecule has 25 heavy (non-hydrogen) atoms. The van der Waals surface area contributed by atoms with E-state index in [-0.39, 0.29) is 11.5 Å². The molecule has 3 rings (SSSR count). The summed E-state index contributed by atoms with van der Waals surface area (Å²) in [7, 11) is 0. The predicted molar refractivity (Wildman–Crippen MR) is 100.0 cm³/mol. The fourth-order valence-electron chi connectivity index (χ4n) is 4.02. The van der Waals surface area contributed by atoms with Crippen molar-refractivity contribution in [2.45, 2.75) is 53.0 Å². The number of amides is 1. The van der Waals surface area contributed by atoms with Crippen molar-refractivity contribution in [3.05, 3.63) is 33.2 Å². The summed E-state index contributed by atoms with van der Waals surface area (Å²) in [5.74, 6) is 1.23. The van der Waals surface area contributed by atoms with Crippen LogP contribution in [0.15, 0.2) is 10.9 Å². The van der Waals surface area contributed by atoms with E-state index < -0.39 is 0 Å². The fraction of sp³-hybridized carbons (Fsp3) is 0.700. The second-order valence-electron chi connectivity index (χ2n) is 8.19. The Bertz CT molecular complexity index is 691. The number of hydrogen-bond acceptors (Lipinski definition) is 3. The summed E-state index contributed by atoms with van der Waals surface area (Å²) in [5, 5.41) is 0. The Labute approximate surface area is 150 Å². The molecule has 1 aliphatic carbocycles. The molecule has 5 nitrogen and oxygen atoms in total. The van der Waals surface area contributed by atoms with Crippen molar-refractivity contribution in [1.29, 1.82) is 0 Å². The molecule has 1 aromatic heterocycles. The van der Waals surface area contributed by atoms with E-state index in [1.165, 1.54) is 12.8 Å². The Balaban J connectivity index is 1.82. The molecule has 1 saturated carbocycles. The highest BCUT2D eigenvalue weighted by atomic mass is 16.2. The standard InChI is InChI=1S/C20H31N3O2/c1-13(2)17-12-23(9-5-8-22(17)11-16-6-7-16)20(25)18-14(3)10-15(4)21-19(18)24/h10,13,16-17H,5-9,11-12H2,1-4H3,(H,21,24)/t17-/m1/s1. The van der Waals surface area contributed by atoms with Gasteiger partial charge in [0.25, 0.3) is 11.5 Å². The molecule has 0 aromatic carbocycles. The Morgan fingerprint density at radius 1 is 1.28 bits per heavy atom. The summed E-state index contributed by atoms with van der Waals surface area (Å²) in [6, 6.07) is 2.25. The number of aromatic nitrogens is 1. The molecule has 2 aliphatic rings. The number of nitrogens with one attached hydrogen (secondary N) is 1. The number of rotatable bonds is 4. The maximum Gasteiger partial charge on any atom is 0.261 e. The van der Waals surface area contributed by atoms with Crippen LogP contribution in [0.1, 0.15) is 54.7 Å². The van der Waals surface area contributed by atoms with Crippen LogP contribution in [0.4, 0.5) is 0 Å². The Morgan fingerprint density at radius 2 is 2.00 bits per heavy atom. The molecule has 1 atom stereocenters. The largest absolute Gasteiger partial charge is 0.337 e. The number of nitrogens with zero attached hydrogens (tertiary/aromatic N) is 2. The highest BCUT2D eigenvalue weighted by Gasteiger charge is 2.34. The average Bonchev–Trinajstić information content (AvgIpc) is 3.33. The zero-order valence-corrected chi connectivity index (χ0v) is 16.0. The van der Waals surface area contributed by atoms with Gasteiger partial charge in [-0.15, -0.1) is 0 Å². The highest BCUT2D eigenvalue weighted by molar-refractivity contribution is 5.95. The molecular formula is C20H31N3O2. The van der Waals surface area contributed by atoms with Crippen LogP contribution in [0.25, 0.3) is 0 Å². The molecule has 1 aromatic rings. The van der Waals surface area contributed by atoms with E-state index in [0.29, 0.717) is 17.5 Å². The van der Waals surface area contributed by atoms with Crippen LogP contribution in [-0.4, -0.2) is 52.9 Å². The zero-order valence-electron chi connectivity index (χ0n) is 16.0. The summed E-state index contributed by atoms with van der Waals surface area (Å²) in [6.07, 6.45) is 3.67. The van der Waals surface area contributed by atoms with Gasteiger partial charge in [-0.05, 0) is 56.6 Å². The van der Waals surface area contributed by atoms with Crippen LogP contribution in [0.5, 0.6) is 0 Å². The smallest absolute Gasteiger partial charge is 0.261 e. The van der Waals surface area contributed by atoms with E-state index in [4.69, 9.17) is 0 Å². The lowest BCUT2D eigenvalue weighted by atomic mass is 10.0. The van der Waals surface area contributed by atoms with Gasteiger partial charge < -0.3 is 9.88 Å². The van der Waals surface area contributed by atoms with Crippen molar-refractivity contribution in [1.82, 2.24) is 14.8 Å². The first-order chi connectivity index (χ1) is 11.9. The molecule has 138 valence electrons. The third-order valence-corrected chi connectivity index (χ3v) is 5.58. The molecule has 0 spiro atoms. The van der Waals surface area contributed by atoms with E-state index in [1.807, 2.05) is 24.8 Å². The van der Waals surface area contributed by atoms with Crippen LogP contribution in [0.3, 0.4) is 0 Å². The first-order valence-corrected chi connectivity index (χ1v) is 9.60. The lowest BCUT2D eigenvalue weighted by Gasteiger charge is -2.34. The first kappa shape index (κ1) is 18.2. The Kier molecular flexibility index (Phi) is 5.32. The second kappa shape index (κ2) is 7.32. The molecule has 1 aliphatic heterocycles. The van der Waals surface area contributed by atoms with E-state index in [0.717, 1.165) is 49.8 Å². The summed E-state index contributed by atoms with van der Waals surface area (Å²) in [4.78, 5) is 32.7. The lowest BCUT2D eigenvalue weighted by molar-refractivity contribution is 0.0702. The van der Waals surface area contributed by atoms with Crippen molar-refractivity contribution in [3.63, 3.8) is 0 Å². The zero-order chi connectivity index (χ0) is 18.1. The number of H-pyrrole nitrogens is 1. The fourth-order valence-corrected chi connectivity index (χ4v) is 4.02. The summed E-state index contributed by atoms with van der Waals surface area (Å²) >= 11 is 0. The van der Waals surface area contributed by atoms with Crippen molar-refractivity contribution >= 4 is 5.91 Å². The molecule has 2 heterocycles. The van der Waals surface area contributed by atoms with Gasteiger partial charge in [0.15, 0.2) is 0 Å². The molecule has 1 saturated heterocycles. The van der Waals surface area contributed by atoms with Gasteiger partial charge in [-0.25, -0.2) is 0 Å². The Morgan fingerprint density at radius 3 is 2.60 bits per heavy atom. The van der Waals surface area contributed by atoms with Crippen LogP contribution in [0.2, 0.25) is 0 Å². The molecule has 0 bridgehead atoms. The number of hydrogen-bond donors (Lipinski definition) is 1. The summed E-state index contributed by atoms with van der Waals surface area (Å²) in [6.45, 7) is 11.8. The van der Waals surface area contributed by atoms with Gasteiger partial charge >= 0.3 is 0 Å². The van der Waals surface area contributed by atoms with Gasteiger partial charge in [-0.1, -0.05) is 13.8 Å². The van der Waals surface area contributed by atoms with Gasteiger partial charge in [-0.3, -0.25) is 14.5 Å². The summed E-state index contributed by atoms with van der Waals surface area (Å²) in [5.41, 5.74) is 1.61. The van der Waals surface area contributed by atoms with Crippen LogP contribution in [0, 0.1) is 25.7 Å². The van der Waals surface area contributed by atoms with E-state index in [1.54, 1.807) is 0 Å². The van der Waals surface area contributed by atoms with Gasteiger partial charge in [0.2, 0.25) is 0 Å². The minimum atomic E-state index is -0.261. The number of aryl methyl sites for hydroxylation is 2. The molecule has 5 heteroatoms. The van der Waals surface area contributed by atoms with Crippen LogP contribution >= 0.6 is 0 Å². The third kappa shape index (κ3) is 4.14. The number of carbonyl (C=O) groups is 1. The van der Waals surface area contributed by atoms with Crippen LogP contribution < -0.4 is 5.56 Å². The summed E-state index contributed by atoms with van der Waals surface area (Å²) < 4.78 is 0. The number of pyridine rings is 1. The minimum Gasteiger partial charge on any atom is -0.337 e. The van der Waals surface area contributed by atoms with Crippen molar-refractivity contribution in [3.8, 4) is 0 Å². The molecule has 0 unspecified atom stereocenters. The van der Waals surface area contributed by atoms with Crippen LogP contribution in [-0.2, 0) is 0 Å². The lowest BCUT2D eigenvalue weighted by Crippen LogP contribution is -2.47. The highest BCUT2D eigenvalue weighted by Crippen LogP contribution is 2.32. The normalized spacial score (nSPS) is 22.3. The maximum atomic E-state index is 13.1. The number of carbonyl (C=O) groups excluding carboxylic acids is 1.